The van der Waals surface area contributed by atoms with Crippen molar-refractivity contribution in [3.8, 4) is 22.5 Å². The van der Waals surface area contributed by atoms with E-state index in [2.05, 4.69) is 109 Å². The van der Waals surface area contributed by atoms with Crippen molar-refractivity contribution in [3.05, 3.63) is 83.7 Å². The van der Waals surface area contributed by atoms with Crippen molar-refractivity contribution >= 4 is 22.6 Å². The lowest BCUT2D eigenvalue weighted by Gasteiger charge is -2.32. The first kappa shape index (κ1) is 33.3. The van der Waals surface area contributed by atoms with Crippen LogP contribution in [0.1, 0.15) is 53.0 Å². The molecule has 1 aliphatic carbocycles. The van der Waals surface area contributed by atoms with Gasteiger partial charge in [-0.25, -0.2) is 9.37 Å². The van der Waals surface area contributed by atoms with Gasteiger partial charge in [0.1, 0.15) is 30.5 Å². The van der Waals surface area contributed by atoms with Crippen molar-refractivity contribution in [2.75, 3.05) is 44.2 Å². The molecular weight excluding hydrogens is 570 g/mol. The van der Waals surface area contributed by atoms with E-state index in [1.54, 1.807) is 6.92 Å². The zero-order chi connectivity index (χ0) is 30.5. The first-order valence-corrected chi connectivity index (χ1v) is 15.9. The number of hydrogen-bond acceptors (Lipinski definition) is 5. The van der Waals surface area contributed by atoms with Gasteiger partial charge in [-0.2, -0.15) is 0 Å². The van der Waals surface area contributed by atoms with Gasteiger partial charge >= 0.3 is 5.97 Å². The van der Waals surface area contributed by atoms with Crippen molar-refractivity contribution in [2.45, 2.75) is 60.1 Å². The van der Waals surface area contributed by atoms with Gasteiger partial charge < -0.3 is 26.5 Å². The van der Waals surface area contributed by atoms with Gasteiger partial charge in [0, 0.05) is 72.6 Å². The Hall–Kier alpha value is -3.61. The Kier molecular flexibility index (Phi) is 11.3. The predicted molar refractivity (Wildman–Crippen MR) is 177 cm³/mol. The van der Waals surface area contributed by atoms with E-state index in [0.29, 0.717) is 5.57 Å². The number of nitrogens with zero attached hydrogens (tertiary/aromatic N) is 3. The number of carbonyl (C=O) groups excluding carboxylic acids is 1. The maximum atomic E-state index is 12.0. The standard InChI is InChI=1S/C37H46N3O3.ClH/c1-7-39(8-2)28-15-17-32-34(23-28)43-35-24-29(40(9-3)10-4)16-18-33(35)36(32)31-14-12-11-13-27(31)25-38-21-19-30(20-22-38)42-37(41)26(5)6;/h11-18,23-24,30H,5,7-10,19-22,25H2,1-4,6H3;1H/q+1;/p-1. The van der Waals surface area contributed by atoms with E-state index < -0.39 is 0 Å². The molecule has 0 N–H and O–H groups in total. The van der Waals surface area contributed by atoms with Crippen LogP contribution in [-0.4, -0.2) is 56.2 Å². The molecule has 0 spiro atoms. The molecule has 0 amide bonds. The molecule has 0 atom stereocenters. The van der Waals surface area contributed by atoms with Crippen LogP contribution in [0.25, 0.3) is 33.4 Å². The topological polar surface area (TPSA) is 48.9 Å². The van der Waals surface area contributed by atoms with Crippen molar-refractivity contribution in [1.82, 2.24) is 9.48 Å². The molecule has 2 heterocycles. The second kappa shape index (κ2) is 14.9. The Morgan fingerprint density at radius 3 is 2.34 bits per heavy atom. The highest BCUT2D eigenvalue weighted by molar-refractivity contribution is 6.03. The lowest BCUT2D eigenvalue weighted by atomic mass is 9.90. The second-order valence-corrected chi connectivity index (χ2v) is 11.5. The highest BCUT2D eigenvalue weighted by Crippen LogP contribution is 2.42. The molecular formula is C37H46ClN3O3. The number of hydrogen-bond donors (Lipinski definition) is 0. The number of carbonyl (C=O) groups is 1. The lowest BCUT2D eigenvalue weighted by Crippen LogP contribution is -3.00. The fraction of sp³-hybridized carbons (Fsp3) is 0.405. The monoisotopic (exact) mass is 615 g/mol. The van der Waals surface area contributed by atoms with Crippen molar-refractivity contribution in [1.29, 1.82) is 0 Å². The van der Waals surface area contributed by atoms with Crippen LogP contribution in [0, 0.1) is 0 Å². The average molecular weight is 616 g/mol. The van der Waals surface area contributed by atoms with Crippen LogP contribution in [-0.2, 0) is 16.1 Å². The van der Waals surface area contributed by atoms with E-state index in [-0.39, 0.29) is 24.5 Å². The lowest BCUT2D eigenvalue weighted by molar-refractivity contribution is -0.146. The first-order chi connectivity index (χ1) is 20.9. The molecule has 2 aliphatic heterocycles. The van der Waals surface area contributed by atoms with Gasteiger partial charge in [-0.05, 0) is 76.8 Å². The molecule has 1 saturated heterocycles. The van der Waals surface area contributed by atoms with Gasteiger partial charge in [-0.3, -0.25) is 4.90 Å². The molecule has 0 unspecified atom stereocenters. The molecule has 234 valence electrons. The summed E-state index contributed by atoms with van der Waals surface area (Å²) in [5, 5.41) is 2.30. The van der Waals surface area contributed by atoms with Gasteiger partial charge in [-0.1, -0.05) is 30.8 Å². The largest absolute Gasteiger partial charge is 1.00 e. The van der Waals surface area contributed by atoms with E-state index in [1.165, 1.54) is 27.7 Å². The quantitative estimate of drug-likeness (QED) is 0.117. The van der Waals surface area contributed by atoms with E-state index in [1.807, 2.05) is 0 Å². The summed E-state index contributed by atoms with van der Waals surface area (Å²) in [7, 11) is 0. The van der Waals surface area contributed by atoms with Crippen LogP contribution in [0.3, 0.4) is 0 Å². The number of anilines is 1. The zero-order valence-corrected chi connectivity index (χ0v) is 27.6. The fourth-order valence-electron chi connectivity index (χ4n) is 6.31. The predicted octanol–water partition coefficient (Wildman–Crippen LogP) is 3.95. The summed E-state index contributed by atoms with van der Waals surface area (Å²) in [5.74, 6) is 0.615. The second-order valence-electron chi connectivity index (χ2n) is 11.5. The van der Waals surface area contributed by atoms with Crippen LogP contribution >= 0.6 is 0 Å². The van der Waals surface area contributed by atoms with Crippen molar-refractivity contribution < 1.29 is 26.4 Å². The smallest absolute Gasteiger partial charge is 0.333 e. The molecule has 0 aromatic heterocycles. The van der Waals surface area contributed by atoms with E-state index in [0.717, 1.165) is 80.9 Å². The Morgan fingerprint density at radius 1 is 0.977 bits per heavy atom. The third-order valence-electron chi connectivity index (χ3n) is 8.78. The summed E-state index contributed by atoms with van der Waals surface area (Å²) in [6.07, 6.45) is 1.62. The fourth-order valence-corrected chi connectivity index (χ4v) is 6.31. The van der Waals surface area contributed by atoms with E-state index in [4.69, 9.17) is 9.15 Å². The minimum Gasteiger partial charge on any atom is -1.00 e. The number of ether oxygens (including phenoxy) is 1. The summed E-state index contributed by atoms with van der Waals surface area (Å²) >= 11 is 0. The molecule has 44 heavy (non-hydrogen) atoms. The molecule has 0 radical (unpaired) electrons. The summed E-state index contributed by atoms with van der Waals surface area (Å²) in [6.45, 7) is 20.6. The Labute approximate surface area is 268 Å². The number of piperidine rings is 1. The van der Waals surface area contributed by atoms with Gasteiger partial charge in [0.15, 0.2) is 0 Å². The van der Waals surface area contributed by atoms with Crippen molar-refractivity contribution in [2.24, 2.45) is 0 Å². The Balaban J connectivity index is 0.00000442. The summed E-state index contributed by atoms with van der Waals surface area (Å²) in [4.78, 5) is 16.9. The van der Waals surface area contributed by atoms with E-state index >= 15 is 0 Å². The molecule has 1 fully saturated rings. The molecule has 0 bridgehead atoms. The summed E-state index contributed by atoms with van der Waals surface area (Å²) in [6, 6.07) is 22.1. The van der Waals surface area contributed by atoms with Crippen LogP contribution < -0.4 is 27.2 Å². The SMILES string of the molecule is C=C(C)C(=O)OC1CCN(Cc2ccccc2-c2c3ccc(=[N+](CC)CC)cc-3oc3cc(N(CC)CC)ccc23)CC1.[Cl-]. The van der Waals surface area contributed by atoms with Gasteiger partial charge in [0.2, 0.25) is 5.36 Å². The highest BCUT2D eigenvalue weighted by atomic mass is 35.5. The number of rotatable bonds is 10. The van der Waals surface area contributed by atoms with Crippen LogP contribution in [0.4, 0.5) is 5.69 Å². The molecule has 6 nitrogen and oxygen atoms in total. The minimum atomic E-state index is -0.287. The van der Waals surface area contributed by atoms with Crippen LogP contribution in [0.15, 0.2) is 77.2 Å². The van der Waals surface area contributed by atoms with Crippen LogP contribution in [0.5, 0.6) is 0 Å². The average Bonchev–Trinajstić information content (AvgIpc) is 3.02. The first-order valence-electron chi connectivity index (χ1n) is 15.9. The highest BCUT2D eigenvalue weighted by Gasteiger charge is 2.25. The maximum absolute atomic E-state index is 12.0. The molecule has 7 heteroatoms. The summed E-state index contributed by atoms with van der Waals surface area (Å²) in [5.41, 5.74) is 7.39. The van der Waals surface area contributed by atoms with Gasteiger partial charge in [0.05, 0.1) is 6.07 Å². The molecule has 2 aromatic carbocycles. The molecule has 3 aliphatic rings. The van der Waals surface area contributed by atoms with Crippen LogP contribution in [0.2, 0.25) is 0 Å². The van der Waals surface area contributed by atoms with E-state index in [9.17, 15) is 4.79 Å². The number of likely N-dealkylation sites (tertiary alicyclic amines) is 1. The number of benzene rings is 3. The Morgan fingerprint density at radius 2 is 1.68 bits per heavy atom. The van der Waals surface area contributed by atoms with Crippen molar-refractivity contribution in [3.63, 3.8) is 0 Å². The molecule has 2 aromatic rings. The molecule has 0 saturated carbocycles. The number of esters is 1. The Bertz CT molecular complexity index is 1640. The minimum absolute atomic E-state index is 0. The van der Waals surface area contributed by atoms with Gasteiger partial charge in [0.25, 0.3) is 0 Å². The normalized spacial score (nSPS) is 13.9. The number of halogens is 1. The molecule has 5 rings (SSSR count). The number of fused-ring (bicyclic) bond motifs is 2. The zero-order valence-electron chi connectivity index (χ0n) is 26.9. The van der Waals surface area contributed by atoms with Gasteiger partial charge in [-0.15, -0.1) is 0 Å². The third kappa shape index (κ3) is 7.03. The maximum Gasteiger partial charge on any atom is 0.333 e. The third-order valence-corrected chi connectivity index (χ3v) is 8.78. The summed E-state index contributed by atoms with van der Waals surface area (Å²) < 4.78 is 14.7.